The standard InChI is InChI=1S/C19H30O4/c1-12(20)18(5,13(2)21)9-8-16(22)23-15-11-14-7-10-19(15,6)17(14,3)4/h14-15H,7-11H2,1-6H3/t14-,15?,19-/m1/s1. The Balaban J connectivity index is 1.97. The summed E-state index contributed by atoms with van der Waals surface area (Å²) >= 11 is 0. The number of esters is 1. The topological polar surface area (TPSA) is 60.4 Å². The summed E-state index contributed by atoms with van der Waals surface area (Å²) < 4.78 is 5.78. The first-order valence-electron chi connectivity index (χ1n) is 8.66. The maximum absolute atomic E-state index is 12.3. The van der Waals surface area contributed by atoms with Gasteiger partial charge in [-0.05, 0) is 57.8 Å². The molecule has 2 aliphatic carbocycles. The summed E-state index contributed by atoms with van der Waals surface area (Å²) in [7, 11) is 0. The fraction of sp³-hybridized carbons (Fsp3) is 0.842. The summed E-state index contributed by atoms with van der Waals surface area (Å²) in [4.78, 5) is 35.7. The molecule has 0 heterocycles. The van der Waals surface area contributed by atoms with Crippen molar-refractivity contribution in [1.82, 2.24) is 0 Å². The first-order valence-corrected chi connectivity index (χ1v) is 8.66. The third kappa shape index (κ3) is 2.74. The van der Waals surface area contributed by atoms with Crippen LogP contribution in [-0.2, 0) is 19.1 Å². The number of Topliss-reactive ketones (excluding diaryl/α,β-unsaturated/α-hetero) is 2. The van der Waals surface area contributed by atoms with E-state index in [9.17, 15) is 14.4 Å². The minimum atomic E-state index is -1.07. The van der Waals surface area contributed by atoms with Gasteiger partial charge in [0.25, 0.3) is 0 Å². The van der Waals surface area contributed by atoms with Gasteiger partial charge in [0.1, 0.15) is 17.7 Å². The number of hydrogen-bond donors (Lipinski definition) is 0. The third-order valence-corrected chi connectivity index (χ3v) is 7.37. The second-order valence-corrected chi connectivity index (χ2v) is 8.53. The molecule has 2 rings (SSSR count). The monoisotopic (exact) mass is 322 g/mol. The molecule has 130 valence electrons. The molecule has 0 aliphatic heterocycles. The molecule has 23 heavy (non-hydrogen) atoms. The average Bonchev–Trinajstić information content (AvgIpc) is 2.77. The minimum Gasteiger partial charge on any atom is -0.462 e. The van der Waals surface area contributed by atoms with Gasteiger partial charge in [-0.15, -0.1) is 0 Å². The van der Waals surface area contributed by atoms with E-state index in [1.165, 1.54) is 20.3 Å². The summed E-state index contributed by atoms with van der Waals surface area (Å²) in [6, 6.07) is 0. The van der Waals surface area contributed by atoms with Crippen molar-refractivity contribution in [2.75, 3.05) is 0 Å². The maximum atomic E-state index is 12.3. The fourth-order valence-electron chi connectivity index (χ4n) is 4.48. The molecule has 1 unspecified atom stereocenters. The normalized spacial score (nSPS) is 31.9. The van der Waals surface area contributed by atoms with Gasteiger partial charge < -0.3 is 4.74 Å². The Labute approximate surface area is 139 Å². The van der Waals surface area contributed by atoms with E-state index >= 15 is 0 Å². The largest absolute Gasteiger partial charge is 0.462 e. The Morgan fingerprint density at radius 3 is 2.09 bits per heavy atom. The zero-order chi connectivity index (χ0) is 17.6. The maximum Gasteiger partial charge on any atom is 0.306 e. The minimum absolute atomic E-state index is 0.0373. The van der Waals surface area contributed by atoms with Crippen molar-refractivity contribution >= 4 is 17.5 Å². The van der Waals surface area contributed by atoms with Crippen LogP contribution in [0.15, 0.2) is 0 Å². The Morgan fingerprint density at radius 1 is 1.13 bits per heavy atom. The molecule has 2 saturated carbocycles. The molecule has 3 atom stereocenters. The van der Waals surface area contributed by atoms with Crippen molar-refractivity contribution in [1.29, 1.82) is 0 Å². The summed E-state index contributed by atoms with van der Waals surface area (Å²) in [5.41, 5.74) is -0.833. The van der Waals surface area contributed by atoms with Gasteiger partial charge in [-0.3, -0.25) is 14.4 Å². The number of carbonyl (C=O) groups is 3. The van der Waals surface area contributed by atoms with E-state index in [0.29, 0.717) is 5.92 Å². The molecular formula is C19H30O4. The third-order valence-electron chi connectivity index (χ3n) is 7.37. The molecule has 2 aliphatic rings. The first-order chi connectivity index (χ1) is 10.4. The van der Waals surface area contributed by atoms with Crippen molar-refractivity contribution in [3.05, 3.63) is 0 Å². The van der Waals surface area contributed by atoms with Crippen molar-refractivity contribution in [2.24, 2.45) is 22.2 Å². The molecule has 2 bridgehead atoms. The number of hydrogen-bond acceptors (Lipinski definition) is 4. The van der Waals surface area contributed by atoms with Gasteiger partial charge in [-0.25, -0.2) is 0 Å². The van der Waals surface area contributed by atoms with Gasteiger partial charge in [0, 0.05) is 11.8 Å². The molecule has 4 heteroatoms. The van der Waals surface area contributed by atoms with E-state index in [2.05, 4.69) is 20.8 Å². The quantitative estimate of drug-likeness (QED) is 0.552. The predicted molar refractivity (Wildman–Crippen MR) is 87.8 cm³/mol. The van der Waals surface area contributed by atoms with Crippen molar-refractivity contribution in [2.45, 2.75) is 79.8 Å². The summed E-state index contributed by atoms with van der Waals surface area (Å²) in [5.74, 6) is -0.0464. The van der Waals surface area contributed by atoms with Gasteiger partial charge in [0.2, 0.25) is 0 Å². The smallest absolute Gasteiger partial charge is 0.306 e. The lowest BCUT2D eigenvalue weighted by molar-refractivity contribution is -0.157. The number of rotatable bonds is 6. The molecule has 0 spiro atoms. The fourth-order valence-corrected chi connectivity index (χ4v) is 4.48. The van der Waals surface area contributed by atoms with E-state index in [0.717, 1.165) is 12.8 Å². The molecule has 2 fully saturated rings. The van der Waals surface area contributed by atoms with Crippen LogP contribution in [0.1, 0.15) is 73.6 Å². The molecule has 0 radical (unpaired) electrons. The van der Waals surface area contributed by atoms with Crippen molar-refractivity contribution < 1.29 is 19.1 Å². The van der Waals surface area contributed by atoms with Gasteiger partial charge in [0.05, 0.1) is 5.41 Å². The summed E-state index contributed by atoms with van der Waals surface area (Å²) in [5, 5.41) is 0. The second-order valence-electron chi connectivity index (χ2n) is 8.53. The Hall–Kier alpha value is -1.19. The van der Waals surface area contributed by atoms with Crippen LogP contribution in [0.3, 0.4) is 0 Å². The molecule has 0 aromatic heterocycles. The molecule has 0 aromatic carbocycles. The SMILES string of the molecule is CC(=O)C(C)(CCC(=O)OC1C[C@H]2CC[C@@]1(C)C2(C)C)C(C)=O. The van der Waals surface area contributed by atoms with E-state index in [1.54, 1.807) is 6.92 Å². The lowest BCUT2D eigenvalue weighted by atomic mass is 9.70. The highest BCUT2D eigenvalue weighted by molar-refractivity contribution is 6.04. The number of carbonyl (C=O) groups excluding carboxylic acids is 3. The Bertz CT molecular complexity index is 519. The van der Waals surface area contributed by atoms with Crippen LogP contribution in [0.2, 0.25) is 0 Å². The molecule has 0 amide bonds. The molecule has 0 aromatic rings. The summed E-state index contributed by atoms with van der Waals surface area (Å²) in [6.45, 7) is 11.2. The van der Waals surface area contributed by atoms with Crippen LogP contribution < -0.4 is 0 Å². The van der Waals surface area contributed by atoms with Gasteiger partial charge in [0.15, 0.2) is 0 Å². The van der Waals surface area contributed by atoms with E-state index < -0.39 is 5.41 Å². The number of fused-ring (bicyclic) bond motifs is 2. The van der Waals surface area contributed by atoms with E-state index in [-0.39, 0.29) is 47.3 Å². The second kappa shape index (κ2) is 5.71. The lowest BCUT2D eigenvalue weighted by Crippen LogP contribution is -2.39. The predicted octanol–water partition coefficient (Wildman–Crippen LogP) is 3.71. The number of ether oxygens (including phenoxy) is 1. The van der Waals surface area contributed by atoms with Crippen molar-refractivity contribution in [3.8, 4) is 0 Å². The highest BCUT2D eigenvalue weighted by atomic mass is 16.5. The first kappa shape index (κ1) is 18.2. The molecular weight excluding hydrogens is 292 g/mol. The van der Waals surface area contributed by atoms with Crippen LogP contribution in [0.4, 0.5) is 0 Å². The van der Waals surface area contributed by atoms with E-state index in [1.807, 2.05) is 0 Å². The zero-order valence-corrected chi connectivity index (χ0v) is 15.3. The molecule has 0 saturated heterocycles. The van der Waals surface area contributed by atoms with Crippen LogP contribution in [0, 0.1) is 22.2 Å². The average molecular weight is 322 g/mol. The van der Waals surface area contributed by atoms with E-state index in [4.69, 9.17) is 4.74 Å². The summed E-state index contributed by atoms with van der Waals surface area (Å²) in [6.07, 6.45) is 3.56. The van der Waals surface area contributed by atoms with Crippen LogP contribution >= 0.6 is 0 Å². The lowest BCUT2D eigenvalue weighted by Gasteiger charge is -2.38. The van der Waals surface area contributed by atoms with Crippen LogP contribution in [0.5, 0.6) is 0 Å². The van der Waals surface area contributed by atoms with Crippen molar-refractivity contribution in [3.63, 3.8) is 0 Å². The van der Waals surface area contributed by atoms with Gasteiger partial charge in [-0.1, -0.05) is 20.8 Å². The highest BCUT2D eigenvalue weighted by Crippen LogP contribution is 2.66. The van der Waals surface area contributed by atoms with Crippen LogP contribution in [0.25, 0.3) is 0 Å². The Morgan fingerprint density at radius 2 is 1.70 bits per heavy atom. The molecule has 4 nitrogen and oxygen atoms in total. The zero-order valence-electron chi connectivity index (χ0n) is 15.3. The number of ketones is 2. The Kier molecular flexibility index (Phi) is 4.51. The molecule has 0 N–H and O–H groups in total. The van der Waals surface area contributed by atoms with Gasteiger partial charge in [-0.2, -0.15) is 0 Å². The van der Waals surface area contributed by atoms with Gasteiger partial charge >= 0.3 is 5.97 Å². The highest BCUT2D eigenvalue weighted by Gasteiger charge is 2.62. The van der Waals surface area contributed by atoms with Crippen LogP contribution in [-0.4, -0.2) is 23.6 Å².